The van der Waals surface area contributed by atoms with Gasteiger partial charge in [-0.05, 0) is 48.9 Å². The van der Waals surface area contributed by atoms with Crippen LogP contribution >= 0.6 is 0 Å². The summed E-state index contributed by atoms with van der Waals surface area (Å²) in [4.78, 5) is 15.1. The third-order valence-corrected chi connectivity index (χ3v) is 2.98. The van der Waals surface area contributed by atoms with E-state index in [2.05, 4.69) is 4.99 Å². The average Bonchev–Trinajstić information content (AvgIpc) is 2.54. The number of benzene rings is 2. The van der Waals surface area contributed by atoms with Gasteiger partial charge in [0, 0.05) is 6.21 Å². The van der Waals surface area contributed by atoms with Gasteiger partial charge in [0.15, 0.2) is 6.10 Å². The maximum absolute atomic E-state index is 10.7. The van der Waals surface area contributed by atoms with Gasteiger partial charge in [-0.1, -0.05) is 12.1 Å². The molecule has 0 fully saturated rings. The molecule has 114 valence electrons. The zero-order valence-corrected chi connectivity index (χ0v) is 12.4. The second-order valence-corrected chi connectivity index (χ2v) is 4.60. The van der Waals surface area contributed by atoms with Gasteiger partial charge in [-0.15, -0.1) is 0 Å². The molecule has 0 heterocycles. The minimum atomic E-state index is -0.998. The number of carboxylic acids is 1. The van der Waals surface area contributed by atoms with E-state index in [9.17, 15) is 4.79 Å². The Morgan fingerprint density at radius 2 is 1.86 bits per heavy atom. The van der Waals surface area contributed by atoms with Crippen LogP contribution in [0.3, 0.4) is 0 Å². The fraction of sp³-hybridized carbons (Fsp3) is 0.176. The summed E-state index contributed by atoms with van der Waals surface area (Å²) in [6.07, 6.45) is 0.829. The third-order valence-electron chi connectivity index (χ3n) is 2.98. The molecular weight excluding hydrogens is 282 g/mol. The molecule has 0 bridgehead atoms. The number of carboxylic acid groups (broad SMARTS) is 1. The van der Waals surface area contributed by atoms with E-state index in [1.54, 1.807) is 25.5 Å². The number of hydrogen-bond donors (Lipinski definition) is 1. The molecule has 0 aliphatic heterocycles. The van der Waals surface area contributed by atoms with Crippen molar-refractivity contribution in [2.24, 2.45) is 4.99 Å². The minimum Gasteiger partial charge on any atom is -0.494 e. The molecule has 0 aliphatic rings. The lowest BCUT2D eigenvalue weighted by Crippen LogP contribution is -2.22. The molecule has 5 nitrogen and oxygen atoms in total. The fourth-order valence-electron chi connectivity index (χ4n) is 1.77. The quantitative estimate of drug-likeness (QED) is 0.831. The van der Waals surface area contributed by atoms with Crippen LogP contribution in [0.5, 0.6) is 11.5 Å². The Morgan fingerprint density at radius 3 is 2.50 bits per heavy atom. The molecule has 5 heteroatoms. The summed E-state index contributed by atoms with van der Waals surface area (Å²) in [6, 6.07) is 14.5. The summed E-state index contributed by atoms with van der Waals surface area (Å²) < 4.78 is 10.5. The first-order chi connectivity index (χ1) is 10.6. The topological polar surface area (TPSA) is 68.1 Å². The Hall–Kier alpha value is -2.82. The molecular formula is C17H17NO4. The van der Waals surface area contributed by atoms with Crippen molar-refractivity contribution in [3.8, 4) is 11.5 Å². The van der Waals surface area contributed by atoms with Crippen molar-refractivity contribution in [2.45, 2.75) is 13.0 Å². The van der Waals surface area contributed by atoms with Gasteiger partial charge in [0.1, 0.15) is 17.2 Å². The van der Waals surface area contributed by atoms with E-state index >= 15 is 0 Å². The second kappa shape index (κ2) is 7.26. The number of aliphatic imine (C=N–C) groups is 1. The summed E-state index contributed by atoms with van der Waals surface area (Å²) in [5, 5.41) is 8.80. The number of aliphatic carboxylic acids is 1. The molecule has 0 unspecified atom stereocenters. The number of hydrogen-bond acceptors (Lipinski definition) is 4. The van der Waals surface area contributed by atoms with Crippen molar-refractivity contribution < 1.29 is 19.4 Å². The monoisotopic (exact) mass is 299 g/mol. The smallest absolute Gasteiger partial charge is 0.344 e. The highest BCUT2D eigenvalue weighted by molar-refractivity contribution is 5.83. The van der Waals surface area contributed by atoms with Crippen LogP contribution in [-0.2, 0) is 4.79 Å². The molecule has 2 rings (SSSR count). The Balaban J connectivity index is 2.08. The molecule has 1 N–H and O–H groups in total. The normalized spacial score (nSPS) is 12.1. The van der Waals surface area contributed by atoms with Crippen LogP contribution in [-0.4, -0.2) is 30.5 Å². The van der Waals surface area contributed by atoms with Gasteiger partial charge < -0.3 is 14.6 Å². The lowest BCUT2D eigenvalue weighted by Gasteiger charge is -2.10. The van der Waals surface area contributed by atoms with Crippen LogP contribution in [0.4, 0.5) is 5.69 Å². The number of ether oxygens (including phenoxy) is 2. The summed E-state index contributed by atoms with van der Waals surface area (Å²) in [5.74, 6) is 0.208. The standard InChI is InChI=1S/C17H17NO4/c1-12(17(19)20)22-14-9-7-13(8-10-14)11-18-15-5-3-4-6-16(15)21-2/h3-12H,1-2H3,(H,19,20)/t12-/m1/s1. The van der Waals surface area contributed by atoms with E-state index < -0.39 is 12.1 Å². The van der Waals surface area contributed by atoms with Gasteiger partial charge in [0.2, 0.25) is 0 Å². The van der Waals surface area contributed by atoms with Crippen LogP contribution in [0.2, 0.25) is 0 Å². The van der Waals surface area contributed by atoms with Crippen LogP contribution < -0.4 is 9.47 Å². The maximum atomic E-state index is 10.7. The summed E-state index contributed by atoms with van der Waals surface area (Å²) in [5.41, 5.74) is 1.62. The number of rotatable bonds is 6. The van der Waals surface area contributed by atoms with E-state index in [1.807, 2.05) is 36.4 Å². The summed E-state index contributed by atoms with van der Waals surface area (Å²) >= 11 is 0. The highest BCUT2D eigenvalue weighted by Crippen LogP contribution is 2.26. The molecule has 0 saturated heterocycles. The van der Waals surface area contributed by atoms with Crippen LogP contribution in [0.1, 0.15) is 12.5 Å². The van der Waals surface area contributed by atoms with Crippen LogP contribution in [0.25, 0.3) is 0 Å². The molecule has 0 spiro atoms. The van der Waals surface area contributed by atoms with Crippen LogP contribution in [0, 0.1) is 0 Å². The molecule has 0 saturated carbocycles. The third kappa shape index (κ3) is 4.09. The SMILES string of the molecule is COc1ccccc1N=Cc1ccc(O[C@H](C)C(=O)O)cc1. The van der Waals surface area contributed by atoms with E-state index in [-0.39, 0.29) is 0 Å². The first-order valence-electron chi connectivity index (χ1n) is 6.77. The lowest BCUT2D eigenvalue weighted by molar-refractivity contribution is -0.144. The Kier molecular flexibility index (Phi) is 5.14. The van der Waals surface area contributed by atoms with Crippen LogP contribution in [0.15, 0.2) is 53.5 Å². The molecule has 0 aromatic heterocycles. The van der Waals surface area contributed by atoms with Gasteiger partial charge in [-0.3, -0.25) is 4.99 Å². The van der Waals surface area contributed by atoms with Crippen molar-refractivity contribution in [1.29, 1.82) is 0 Å². The van der Waals surface area contributed by atoms with E-state index in [4.69, 9.17) is 14.6 Å². The molecule has 0 radical (unpaired) electrons. The van der Waals surface area contributed by atoms with E-state index in [0.29, 0.717) is 11.5 Å². The van der Waals surface area contributed by atoms with Gasteiger partial charge >= 0.3 is 5.97 Å². The minimum absolute atomic E-state index is 0.504. The maximum Gasteiger partial charge on any atom is 0.344 e. The average molecular weight is 299 g/mol. The predicted octanol–water partition coefficient (Wildman–Crippen LogP) is 3.30. The fourth-order valence-corrected chi connectivity index (χ4v) is 1.77. The Labute approximate surface area is 128 Å². The molecule has 22 heavy (non-hydrogen) atoms. The first-order valence-corrected chi connectivity index (χ1v) is 6.77. The van der Waals surface area contributed by atoms with Gasteiger partial charge in [-0.25, -0.2) is 4.79 Å². The number of carbonyl (C=O) groups is 1. The Bertz CT molecular complexity index is 665. The van der Waals surface area contributed by atoms with Crippen molar-refractivity contribution in [3.63, 3.8) is 0 Å². The Morgan fingerprint density at radius 1 is 1.18 bits per heavy atom. The highest BCUT2D eigenvalue weighted by atomic mass is 16.5. The molecule has 0 aliphatic carbocycles. The number of nitrogens with zero attached hydrogens (tertiary/aromatic N) is 1. The lowest BCUT2D eigenvalue weighted by atomic mass is 10.2. The zero-order valence-electron chi connectivity index (χ0n) is 12.4. The molecule has 1 atom stereocenters. The number of para-hydroxylation sites is 2. The largest absolute Gasteiger partial charge is 0.494 e. The highest BCUT2D eigenvalue weighted by Gasteiger charge is 2.11. The zero-order chi connectivity index (χ0) is 15.9. The van der Waals surface area contributed by atoms with Gasteiger partial charge in [0.25, 0.3) is 0 Å². The van der Waals surface area contributed by atoms with Crippen molar-refractivity contribution in [2.75, 3.05) is 7.11 Å². The predicted molar refractivity (Wildman–Crippen MR) is 84.4 cm³/mol. The van der Waals surface area contributed by atoms with Crippen molar-refractivity contribution >= 4 is 17.9 Å². The molecule has 0 amide bonds. The van der Waals surface area contributed by atoms with Gasteiger partial charge in [0.05, 0.1) is 7.11 Å². The summed E-state index contributed by atoms with van der Waals surface area (Å²) in [6.45, 7) is 1.49. The first kappa shape index (κ1) is 15.6. The van der Waals surface area contributed by atoms with E-state index in [0.717, 1.165) is 11.3 Å². The van der Waals surface area contributed by atoms with Gasteiger partial charge in [-0.2, -0.15) is 0 Å². The molecule has 2 aromatic rings. The number of methoxy groups -OCH3 is 1. The van der Waals surface area contributed by atoms with E-state index in [1.165, 1.54) is 6.92 Å². The van der Waals surface area contributed by atoms with Crippen molar-refractivity contribution in [3.05, 3.63) is 54.1 Å². The summed E-state index contributed by atoms with van der Waals surface area (Å²) in [7, 11) is 1.60. The van der Waals surface area contributed by atoms with Crippen molar-refractivity contribution in [1.82, 2.24) is 0 Å². The second-order valence-electron chi connectivity index (χ2n) is 4.60. The molecule has 2 aromatic carbocycles.